The fourth-order valence-corrected chi connectivity index (χ4v) is 1.62. The van der Waals surface area contributed by atoms with Crippen molar-refractivity contribution in [1.82, 2.24) is 0 Å². The third kappa shape index (κ3) is 2.74. The monoisotopic (exact) mass is 323 g/mol. The minimum atomic E-state index is -2.43. The Morgan fingerprint density at radius 2 is 1.09 bits per heavy atom. The van der Waals surface area contributed by atoms with Crippen LogP contribution in [0.5, 0.6) is 0 Å². The number of benzene rings is 2. The molecule has 22 heavy (non-hydrogen) atoms. The first-order valence-corrected chi connectivity index (χ1v) is 5.51. The summed E-state index contributed by atoms with van der Waals surface area (Å²) >= 11 is 0. The van der Waals surface area contributed by atoms with Crippen molar-refractivity contribution >= 4 is 11.6 Å². The van der Waals surface area contributed by atoms with Crippen molar-refractivity contribution in [2.75, 3.05) is 5.32 Å². The van der Waals surface area contributed by atoms with Gasteiger partial charge in [0.2, 0.25) is 5.82 Å². The van der Waals surface area contributed by atoms with Crippen LogP contribution in [0.3, 0.4) is 0 Å². The number of carbonyl (C=O) groups excluding carboxylic acids is 1. The van der Waals surface area contributed by atoms with Gasteiger partial charge in [0.05, 0.1) is 0 Å². The molecule has 1 N–H and O–H groups in total. The predicted molar refractivity (Wildman–Crippen MR) is 60.5 cm³/mol. The number of carbonyl (C=O) groups is 1. The van der Waals surface area contributed by atoms with Crippen LogP contribution >= 0.6 is 0 Å². The Bertz CT molecular complexity index is 726. The zero-order valence-electron chi connectivity index (χ0n) is 10.3. The fraction of sp³-hybridized carbons (Fsp3) is 0. The van der Waals surface area contributed by atoms with E-state index in [1.54, 1.807) is 5.32 Å². The van der Waals surface area contributed by atoms with Gasteiger partial charge in [0.1, 0.15) is 17.2 Å². The van der Waals surface area contributed by atoms with Crippen molar-refractivity contribution in [2.45, 2.75) is 0 Å². The molecule has 0 saturated heterocycles. The molecule has 0 aliphatic carbocycles. The molecule has 2 nitrogen and oxygen atoms in total. The number of hydrogen-bond donors (Lipinski definition) is 1. The van der Waals surface area contributed by atoms with Gasteiger partial charge in [-0.3, -0.25) is 4.79 Å². The molecule has 0 radical (unpaired) electrons. The largest absolute Gasteiger partial charge is 0.322 e. The second-order valence-corrected chi connectivity index (χ2v) is 4.06. The van der Waals surface area contributed by atoms with E-state index in [1.807, 2.05) is 0 Å². The van der Waals surface area contributed by atoms with E-state index in [2.05, 4.69) is 0 Å². The summed E-state index contributed by atoms with van der Waals surface area (Å²) in [5, 5.41) is 1.64. The van der Waals surface area contributed by atoms with Crippen LogP contribution in [-0.4, -0.2) is 5.91 Å². The van der Waals surface area contributed by atoms with Crippen molar-refractivity contribution in [3.05, 3.63) is 64.5 Å². The van der Waals surface area contributed by atoms with Gasteiger partial charge < -0.3 is 5.32 Å². The van der Waals surface area contributed by atoms with E-state index in [4.69, 9.17) is 0 Å². The molecule has 0 aliphatic rings. The molecule has 9 heteroatoms. The van der Waals surface area contributed by atoms with Crippen LogP contribution in [0, 0.1) is 40.7 Å². The van der Waals surface area contributed by atoms with E-state index in [1.165, 1.54) is 0 Å². The second kappa shape index (κ2) is 5.66. The van der Waals surface area contributed by atoms with Crippen LogP contribution in [-0.2, 0) is 0 Å². The minimum Gasteiger partial charge on any atom is -0.322 e. The second-order valence-electron chi connectivity index (χ2n) is 4.06. The molecule has 1 amide bonds. The third-order valence-electron chi connectivity index (χ3n) is 2.56. The van der Waals surface area contributed by atoms with Crippen LogP contribution in [0.1, 0.15) is 10.4 Å². The van der Waals surface area contributed by atoms with Crippen molar-refractivity contribution in [3.63, 3.8) is 0 Å². The number of amides is 1. The smallest absolute Gasteiger partial charge is 0.261 e. The maximum absolute atomic E-state index is 13.4. The lowest BCUT2D eigenvalue weighted by Crippen LogP contribution is -2.19. The van der Waals surface area contributed by atoms with E-state index < -0.39 is 57.9 Å². The van der Waals surface area contributed by atoms with Gasteiger partial charge in [-0.25, -0.2) is 30.7 Å². The molecular formula is C13H4F7NO. The van der Waals surface area contributed by atoms with Gasteiger partial charge >= 0.3 is 0 Å². The Labute approximate surface area is 118 Å². The molecule has 0 aromatic heterocycles. The number of hydrogen-bond acceptors (Lipinski definition) is 1. The molecule has 0 unspecified atom stereocenters. The van der Waals surface area contributed by atoms with Gasteiger partial charge in [0.25, 0.3) is 5.91 Å². The van der Waals surface area contributed by atoms with Crippen LogP contribution in [0.2, 0.25) is 0 Å². The average molecular weight is 323 g/mol. The van der Waals surface area contributed by atoms with Crippen LogP contribution < -0.4 is 5.32 Å². The summed E-state index contributed by atoms with van der Waals surface area (Å²) in [6.07, 6.45) is 0. The van der Waals surface area contributed by atoms with E-state index in [0.29, 0.717) is 18.2 Å². The molecule has 116 valence electrons. The fourth-order valence-electron chi connectivity index (χ4n) is 1.62. The van der Waals surface area contributed by atoms with Crippen LogP contribution in [0.15, 0.2) is 18.2 Å². The molecule has 0 atom stereocenters. The van der Waals surface area contributed by atoms with E-state index >= 15 is 0 Å². The minimum absolute atomic E-state index is 0.452. The highest BCUT2D eigenvalue weighted by Gasteiger charge is 2.29. The molecule has 2 rings (SSSR count). The molecule has 0 saturated carbocycles. The van der Waals surface area contributed by atoms with Crippen molar-refractivity contribution < 1.29 is 35.5 Å². The number of anilines is 1. The number of nitrogens with one attached hydrogen (secondary N) is 1. The Morgan fingerprint density at radius 1 is 0.682 bits per heavy atom. The Balaban J connectivity index is 2.46. The molecule has 0 fully saturated rings. The molecular weight excluding hydrogens is 319 g/mol. The standard InChI is InChI=1S/C13H4F7NO/c14-4-1-5(15)3-6(2-4)21-13(22)7-8(16)10(18)12(20)11(19)9(7)17/h1-3H,(H,21,22). The van der Waals surface area contributed by atoms with E-state index in [0.717, 1.165) is 0 Å². The van der Waals surface area contributed by atoms with Gasteiger partial charge in [0, 0.05) is 11.8 Å². The van der Waals surface area contributed by atoms with Crippen molar-refractivity contribution in [2.24, 2.45) is 0 Å². The first-order valence-electron chi connectivity index (χ1n) is 5.51. The van der Waals surface area contributed by atoms with E-state index in [9.17, 15) is 35.5 Å². The predicted octanol–water partition coefficient (Wildman–Crippen LogP) is 3.91. The highest BCUT2D eigenvalue weighted by molar-refractivity contribution is 6.04. The summed E-state index contributed by atoms with van der Waals surface area (Å²) in [5.74, 6) is -15.7. The molecule has 2 aromatic rings. The lowest BCUT2D eigenvalue weighted by molar-refractivity contribution is 0.101. The van der Waals surface area contributed by atoms with Crippen LogP contribution in [0.25, 0.3) is 0 Å². The van der Waals surface area contributed by atoms with Crippen molar-refractivity contribution in [1.29, 1.82) is 0 Å². The van der Waals surface area contributed by atoms with Crippen LogP contribution in [0.4, 0.5) is 36.4 Å². The highest BCUT2D eigenvalue weighted by Crippen LogP contribution is 2.24. The maximum atomic E-state index is 13.4. The summed E-state index contributed by atoms with van der Waals surface area (Å²) in [6, 6.07) is 1.63. The van der Waals surface area contributed by atoms with Gasteiger partial charge in [-0.1, -0.05) is 0 Å². The summed E-state index contributed by atoms with van der Waals surface area (Å²) in [6.45, 7) is 0. The lowest BCUT2D eigenvalue weighted by Gasteiger charge is -2.09. The summed E-state index contributed by atoms with van der Waals surface area (Å²) < 4.78 is 91.4. The quantitative estimate of drug-likeness (QED) is 0.507. The Kier molecular flexibility index (Phi) is 4.07. The van der Waals surface area contributed by atoms with Gasteiger partial charge in [-0.15, -0.1) is 0 Å². The Morgan fingerprint density at radius 3 is 1.55 bits per heavy atom. The normalized spacial score (nSPS) is 10.7. The number of halogens is 7. The molecule has 2 aromatic carbocycles. The van der Waals surface area contributed by atoms with Gasteiger partial charge in [-0.2, -0.15) is 0 Å². The molecule has 0 heterocycles. The first kappa shape index (κ1) is 15.8. The average Bonchev–Trinajstić information content (AvgIpc) is 2.42. The van der Waals surface area contributed by atoms with Gasteiger partial charge in [0.15, 0.2) is 23.3 Å². The molecule has 0 bridgehead atoms. The highest BCUT2D eigenvalue weighted by atomic mass is 19.2. The zero-order valence-corrected chi connectivity index (χ0v) is 10.3. The summed E-state index contributed by atoms with van der Waals surface area (Å²) in [4.78, 5) is 11.6. The van der Waals surface area contributed by atoms with Gasteiger partial charge in [-0.05, 0) is 12.1 Å². The lowest BCUT2D eigenvalue weighted by atomic mass is 10.1. The van der Waals surface area contributed by atoms with Crippen molar-refractivity contribution in [3.8, 4) is 0 Å². The number of rotatable bonds is 2. The molecule has 0 spiro atoms. The Hall–Kier alpha value is -2.58. The summed E-state index contributed by atoms with van der Waals surface area (Å²) in [5.41, 5.74) is -2.33. The summed E-state index contributed by atoms with van der Waals surface area (Å²) in [7, 11) is 0. The zero-order chi connectivity index (χ0) is 16.6. The topological polar surface area (TPSA) is 29.1 Å². The SMILES string of the molecule is O=C(Nc1cc(F)cc(F)c1)c1c(F)c(F)c(F)c(F)c1F. The first-order chi connectivity index (χ1) is 10.2. The maximum Gasteiger partial charge on any atom is 0.261 e. The third-order valence-corrected chi connectivity index (χ3v) is 2.56. The van der Waals surface area contributed by atoms with E-state index in [-0.39, 0.29) is 0 Å². The molecule has 0 aliphatic heterocycles.